The number of amides is 2. The first kappa shape index (κ1) is 33.9. The number of ether oxygens (including phenoxy) is 3. The number of imidazole rings is 1. The second-order valence-electron chi connectivity index (χ2n) is 9.61. The van der Waals surface area contributed by atoms with Crippen molar-refractivity contribution < 1.29 is 28.6 Å². The minimum absolute atomic E-state index is 0.136. The van der Waals surface area contributed by atoms with Crippen LogP contribution in [0.2, 0.25) is 0 Å². The van der Waals surface area contributed by atoms with Crippen molar-refractivity contribution in [2.45, 2.75) is 59.3 Å². The Morgan fingerprint density at radius 2 is 1.69 bits per heavy atom. The second-order valence-corrected chi connectivity index (χ2v) is 9.61. The summed E-state index contributed by atoms with van der Waals surface area (Å²) in [7, 11) is 2.88. The largest absolute Gasteiger partial charge is 0.497 e. The molecule has 2 N–H and O–H groups in total. The Bertz CT molecular complexity index is 1290. The lowest BCUT2D eigenvalue weighted by Gasteiger charge is -2.13. The average molecular weight is 581 g/mol. The van der Waals surface area contributed by atoms with E-state index in [1.165, 1.54) is 30.6 Å². The van der Waals surface area contributed by atoms with E-state index < -0.39 is 6.09 Å². The first-order chi connectivity index (χ1) is 20.4. The van der Waals surface area contributed by atoms with Gasteiger partial charge in [0, 0.05) is 12.6 Å². The Morgan fingerprint density at radius 3 is 2.33 bits per heavy atom. The third-order valence-electron chi connectivity index (χ3n) is 6.50. The predicted octanol–water partition coefficient (Wildman–Crippen LogP) is 7.04. The molecule has 0 saturated carbocycles. The maximum Gasteiger partial charge on any atom is 0.413 e. The van der Waals surface area contributed by atoms with E-state index in [1.807, 2.05) is 43.3 Å². The number of para-hydroxylation sites is 2. The van der Waals surface area contributed by atoms with Crippen molar-refractivity contribution >= 4 is 41.2 Å². The normalized spacial score (nSPS) is 11.4. The van der Waals surface area contributed by atoms with Gasteiger partial charge in [-0.15, -0.1) is 0 Å². The molecule has 0 saturated heterocycles. The van der Waals surface area contributed by atoms with Gasteiger partial charge in [0.2, 0.25) is 5.95 Å². The summed E-state index contributed by atoms with van der Waals surface area (Å²) in [6.07, 6.45) is 8.99. The number of rotatable bonds is 13. The number of nitrogens with one attached hydrogen (secondary N) is 2. The van der Waals surface area contributed by atoms with Gasteiger partial charge in [-0.25, -0.2) is 23.9 Å². The van der Waals surface area contributed by atoms with Crippen LogP contribution in [0.3, 0.4) is 0 Å². The fraction of sp³-hybridized carbons (Fsp3) is 0.438. The summed E-state index contributed by atoms with van der Waals surface area (Å²) in [4.78, 5) is 39.6. The monoisotopic (exact) mass is 580 g/mol. The van der Waals surface area contributed by atoms with Crippen LogP contribution >= 0.6 is 0 Å². The molecule has 2 amide bonds. The molecule has 0 aliphatic carbocycles. The summed E-state index contributed by atoms with van der Waals surface area (Å²) in [5.74, 6) is 1.14. The van der Waals surface area contributed by atoms with Crippen LogP contribution < -0.4 is 15.4 Å². The zero-order valence-electron chi connectivity index (χ0n) is 25.4. The number of anilines is 1. The van der Waals surface area contributed by atoms with Gasteiger partial charge in [-0.1, -0.05) is 70.7 Å². The molecule has 10 heteroatoms. The fourth-order valence-electron chi connectivity index (χ4n) is 3.93. The van der Waals surface area contributed by atoms with Gasteiger partial charge in [0.15, 0.2) is 0 Å². The molecule has 3 rings (SSSR count). The molecule has 0 spiro atoms. The van der Waals surface area contributed by atoms with Crippen molar-refractivity contribution in [2.75, 3.05) is 32.7 Å². The van der Waals surface area contributed by atoms with Crippen molar-refractivity contribution in [3.8, 4) is 5.75 Å². The standard InChI is InChI=1S/C18H26O3.C14H18N4O3/c1-4-6-7-15(5-2)14-21-18(19)13-10-16-8-11-17(20-3)12-9-16;1-3-4-9-15-13(19)18-11-8-6-5-7-10(11)16-12(18)17-14(20)21-2/h8-13,15H,4-7,14H2,1-3H3;5-8H,3-4,9H2,1-2H3,(H,15,19)(H,16,17,20)/b13-10+;. The van der Waals surface area contributed by atoms with E-state index in [0.29, 0.717) is 30.1 Å². The average Bonchev–Trinajstić information content (AvgIpc) is 3.38. The van der Waals surface area contributed by atoms with Crippen molar-refractivity contribution in [3.63, 3.8) is 0 Å². The van der Waals surface area contributed by atoms with Crippen LogP contribution in [-0.4, -0.2) is 55.0 Å². The van der Waals surface area contributed by atoms with Gasteiger partial charge in [-0.05, 0) is 54.7 Å². The first-order valence-corrected chi connectivity index (χ1v) is 14.5. The van der Waals surface area contributed by atoms with Gasteiger partial charge >= 0.3 is 18.1 Å². The van der Waals surface area contributed by atoms with Crippen LogP contribution in [0.4, 0.5) is 15.5 Å². The number of esters is 1. The third kappa shape index (κ3) is 11.3. The number of carbonyl (C=O) groups is 3. The Labute approximate surface area is 248 Å². The lowest BCUT2D eigenvalue weighted by Crippen LogP contribution is -2.31. The number of unbranched alkanes of at least 4 members (excludes halogenated alkanes) is 2. The molecule has 0 aliphatic heterocycles. The van der Waals surface area contributed by atoms with Gasteiger partial charge in [0.1, 0.15) is 5.75 Å². The molecule has 1 aromatic heterocycles. The summed E-state index contributed by atoms with van der Waals surface area (Å²) >= 11 is 0. The van der Waals surface area contributed by atoms with Gasteiger partial charge in [0.05, 0.1) is 31.9 Å². The third-order valence-corrected chi connectivity index (χ3v) is 6.50. The smallest absolute Gasteiger partial charge is 0.413 e. The maximum atomic E-state index is 12.3. The van der Waals surface area contributed by atoms with Crippen LogP contribution in [-0.2, 0) is 14.3 Å². The number of benzene rings is 2. The molecule has 0 fully saturated rings. The molecule has 2 aromatic carbocycles. The summed E-state index contributed by atoms with van der Waals surface area (Å²) in [5, 5.41) is 5.25. The highest BCUT2D eigenvalue weighted by molar-refractivity contribution is 5.96. The molecular formula is C32H44N4O6. The van der Waals surface area contributed by atoms with Crippen LogP contribution in [0.1, 0.15) is 64.9 Å². The first-order valence-electron chi connectivity index (χ1n) is 14.5. The summed E-state index contributed by atoms with van der Waals surface area (Å²) in [6.45, 7) is 7.45. The molecule has 0 radical (unpaired) electrons. The molecule has 0 aliphatic rings. The van der Waals surface area contributed by atoms with Crippen molar-refractivity contribution in [1.29, 1.82) is 0 Å². The Kier molecular flexibility index (Phi) is 15.2. The summed E-state index contributed by atoms with van der Waals surface area (Å²) in [5.41, 5.74) is 2.19. The van der Waals surface area contributed by atoms with Crippen LogP contribution in [0.5, 0.6) is 5.75 Å². The molecule has 10 nitrogen and oxygen atoms in total. The van der Waals surface area contributed by atoms with E-state index >= 15 is 0 Å². The Morgan fingerprint density at radius 1 is 0.976 bits per heavy atom. The van der Waals surface area contributed by atoms with Crippen LogP contribution in [0, 0.1) is 5.92 Å². The van der Waals surface area contributed by atoms with Gasteiger partial charge in [-0.3, -0.25) is 5.32 Å². The summed E-state index contributed by atoms with van der Waals surface area (Å²) in [6, 6.07) is 14.4. The second kappa shape index (κ2) is 18.9. The van der Waals surface area contributed by atoms with Crippen LogP contribution in [0.15, 0.2) is 54.6 Å². The predicted molar refractivity (Wildman–Crippen MR) is 166 cm³/mol. The maximum absolute atomic E-state index is 12.3. The molecule has 1 heterocycles. The summed E-state index contributed by atoms with van der Waals surface area (Å²) < 4.78 is 16.3. The highest BCUT2D eigenvalue weighted by atomic mass is 16.5. The van der Waals surface area contributed by atoms with E-state index in [2.05, 4.69) is 34.2 Å². The van der Waals surface area contributed by atoms with E-state index in [-0.39, 0.29) is 17.9 Å². The van der Waals surface area contributed by atoms with Crippen molar-refractivity contribution in [2.24, 2.45) is 5.92 Å². The SMILES string of the molecule is CCCCC(CC)COC(=O)/C=C/c1ccc(OC)cc1.CCCCNC(=O)n1c(NC(=O)OC)nc2ccccc21. The lowest BCUT2D eigenvalue weighted by molar-refractivity contribution is -0.139. The van der Waals surface area contributed by atoms with E-state index in [4.69, 9.17) is 9.47 Å². The highest BCUT2D eigenvalue weighted by Crippen LogP contribution is 2.19. The fourth-order valence-corrected chi connectivity index (χ4v) is 3.93. The number of nitrogens with zero attached hydrogens (tertiary/aromatic N) is 2. The lowest BCUT2D eigenvalue weighted by atomic mass is 10.0. The number of methoxy groups -OCH3 is 2. The number of aromatic nitrogens is 2. The molecule has 1 unspecified atom stereocenters. The van der Waals surface area contributed by atoms with Gasteiger partial charge in [-0.2, -0.15) is 0 Å². The van der Waals surface area contributed by atoms with E-state index in [9.17, 15) is 14.4 Å². The number of fused-ring (bicyclic) bond motifs is 1. The van der Waals surface area contributed by atoms with E-state index in [0.717, 1.165) is 37.0 Å². The Balaban J connectivity index is 0.000000293. The van der Waals surface area contributed by atoms with Crippen LogP contribution in [0.25, 0.3) is 17.1 Å². The van der Waals surface area contributed by atoms with Gasteiger partial charge < -0.3 is 19.5 Å². The molecule has 228 valence electrons. The van der Waals surface area contributed by atoms with Crippen molar-refractivity contribution in [3.05, 3.63) is 60.2 Å². The van der Waals surface area contributed by atoms with Gasteiger partial charge in [0.25, 0.3) is 0 Å². The minimum Gasteiger partial charge on any atom is -0.497 e. The molecule has 3 aromatic rings. The minimum atomic E-state index is -0.673. The molecular weight excluding hydrogens is 536 g/mol. The molecule has 0 bridgehead atoms. The highest BCUT2D eigenvalue weighted by Gasteiger charge is 2.18. The zero-order valence-corrected chi connectivity index (χ0v) is 25.4. The number of carbonyl (C=O) groups excluding carboxylic acids is 3. The number of hydrogen-bond acceptors (Lipinski definition) is 7. The van der Waals surface area contributed by atoms with Crippen molar-refractivity contribution in [1.82, 2.24) is 14.9 Å². The number of hydrogen-bond donors (Lipinski definition) is 2. The quantitative estimate of drug-likeness (QED) is 0.126. The molecule has 1 atom stereocenters. The Hall–Kier alpha value is -4.34. The topological polar surface area (TPSA) is 121 Å². The molecule has 42 heavy (non-hydrogen) atoms. The van der Waals surface area contributed by atoms with E-state index in [1.54, 1.807) is 25.3 Å². The zero-order chi connectivity index (χ0) is 30.7.